The van der Waals surface area contributed by atoms with Gasteiger partial charge in [-0.2, -0.15) is 0 Å². The number of carbonyl (C=O) groups is 1. The van der Waals surface area contributed by atoms with E-state index in [0.29, 0.717) is 11.3 Å². The molecule has 0 amide bonds. The molecule has 0 unspecified atom stereocenters. The molecule has 90 valence electrons. The largest absolute Gasteiger partial charge is 0.513 e. The Kier molecular flexibility index (Phi) is 2.95. The van der Waals surface area contributed by atoms with Gasteiger partial charge in [0.1, 0.15) is 5.75 Å². The van der Waals surface area contributed by atoms with Crippen molar-refractivity contribution in [1.29, 1.82) is 0 Å². The van der Waals surface area contributed by atoms with Gasteiger partial charge in [-0.05, 0) is 24.8 Å². The third-order valence-electron chi connectivity index (χ3n) is 2.58. The van der Waals surface area contributed by atoms with E-state index in [1.54, 1.807) is 0 Å². The summed E-state index contributed by atoms with van der Waals surface area (Å²) in [6.07, 6.45) is 1.10. The topological polar surface area (TPSA) is 78.7 Å². The highest BCUT2D eigenvalue weighted by Gasteiger charge is 2.29. The van der Waals surface area contributed by atoms with Gasteiger partial charge in [-0.25, -0.2) is 4.79 Å². The molecule has 1 aromatic carbocycles. The number of nitro benzene ring substituents is 1. The number of benzene rings is 1. The number of nitrogens with zero attached hydrogens (tertiary/aromatic N) is 1. The van der Waals surface area contributed by atoms with E-state index >= 15 is 0 Å². The number of methoxy groups -OCH3 is 1. The Morgan fingerprint density at radius 2 is 2.18 bits per heavy atom. The van der Waals surface area contributed by atoms with E-state index in [1.165, 1.54) is 25.3 Å². The quantitative estimate of drug-likeness (QED) is 0.349. The second-order valence-corrected chi connectivity index (χ2v) is 3.81. The SMILES string of the molecule is COC(=O)Oc1ccc([N+](=O)[O-])cc1C1CC1. The lowest BCUT2D eigenvalue weighted by atomic mass is 10.1. The summed E-state index contributed by atoms with van der Waals surface area (Å²) < 4.78 is 9.34. The van der Waals surface area contributed by atoms with Crippen LogP contribution in [0.3, 0.4) is 0 Å². The Bertz CT molecular complexity index is 467. The Labute approximate surface area is 97.3 Å². The van der Waals surface area contributed by atoms with Crippen molar-refractivity contribution in [3.05, 3.63) is 33.9 Å². The highest BCUT2D eigenvalue weighted by molar-refractivity contribution is 5.65. The van der Waals surface area contributed by atoms with Crippen LogP contribution < -0.4 is 4.74 Å². The molecule has 0 bridgehead atoms. The van der Waals surface area contributed by atoms with Gasteiger partial charge in [0.05, 0.1) is 12.0 Å². The van der Waals surface area contributed by atoms with Crippen molar-refractivity contribution in [2.75, 3.05) is 7.11 Å². The minimum atomic E-state index is -0.819. The van der Waals surface area contributed by atoms with Crippen LogP contribution in [0.5, 0.6) is 5.75 Å². The van der Waals surface area contributed by atoms with Gasteiger partial charge >= 0.3 is 6.16 Å². The molecule has 2 rings (SSSR count). The first-order valence-electron chi connectivity index (χ1n) is 5.16. The van der Waals surface area contributed by atoms with Crippen molar-refractivity contribution in [2.45, 2.75) is 18.8 Å². The van der Waals surface area contributed by atoms with Crippen LogP contribution in [0.1, 0.15) is 24.3 Å². The van der Waals surface area contributed by atoms with Crippen molar-refractivity contribution in [1.82, 2.24) is 0 Å². The molecule has 6 heteroatoms. The molecule has 0 aromatic heterocycles. The molecule has 0 aliphatic heterocycles. The maximum atomic E-state index is 11.0. The number of non-ortho nitro benzene ring substituents is 1. The minimum absolute atomic E-state index is 0.00381. The molecule has 0 atom stereocenters. The monoisotopic (exact) mass is 237 g/mol. The van der Waals surface area contributed by atoms with Crippen LogP contribution in [0.2, 0.25) is 0 Å². The van der Waals surface area contributed by atoms with Crippen molar-refractivity contribution in [3.63, 3.8) is 0 Å². The van der Waals surface area contributed by atoms with Crippen molar-refractivity contribution in [3.8, 4) is 5.75 Å². The lowest BCUT2D eigenvalue weighted by Crippen LogP contribution is -2.08. The predicted molar refractivity (Wildman–Crippen MR) is 58.1 cm³/mol. The smallest absolute Gasteiger partial charge is 0.437 e. The first-order valence-corrected chi connectivity index (χ1v) is 5.16. The fraction of sp³-hybridized carbons (Fsp3) is 0.364. The number of nitro groups is 1. The average molecular weight is 237 g/mol. The Morgan fingerprint density at radius 3 is 2.71 bits per heavy atom. The lowest BCUT2D eigenvalue weighted by Gasteiger charge is -2.07. The second kappa shape index (κ2) is 4.40. The summed E-state index contributed by atoms with van der Waals surface area (Å²) >= 11 is 0. The van der Waals surface area contributed by atoms with Crippen LogP contribution in [0, 0.1) is 10.1 Å². The number of rotatable bonds is 3. The first-order chi connectivity index (χ1) is 8.11. The van der Waals surface area contributed by atoms with Crippen LogP contribution in [-0.4, -0.2) is 18.2 Å². The fourth-order valence-electron chi connectivity index (χ4n) is 1.59. The van der Waals surface area contributed by atoms with E-state index in [4.69, 9.17) is 4.74 Å². The molecule has 0 radical (unpaired) electrons. The summed E-state index contributed by atoms with van der Waals surface area (Å²) in [5.41, 5.74) is 0.703. The van der Waals surface area contributed by atoms with Crippen LogP contribution in [0.15, 0.2) is 18.2 Å². The maximum absolute atomic E-state index is 11.0. The first kappa shape index (κ1) is 11.4. The molecule has 1 aliphatic rings. The molecule has 1 saturated carbocycles. The molecule has 1 aliphatic carbocycles. The van der Waals surface area contributed by atoms with E-state index < -0.39 is 11.1 Å². The fourth-order valence-corrected chi connectivity index (χ4v) is 1.59. The Hall–Kier alpha value is -2.11. The maximum Gasteiger partial charge on any atom is 0.513 e. The van der Waals surface area contributed by atoms with Crippen LogP contribution in [0.25, 0.3) is 0 Å². The second-order valence-electron chi connectivity index (χ2n) is 3.81. The summed E-state index contributed by atoms with van der Waals surface area (Å²) in [6, 6.07) is 4.20. The van der Waals surface area contributed by atoms with Gasteiger partial charge in [0.15, 0.2) is 0 Å². The molecule has 0 saturated heterocycles. The van der Waals surface area contributed by atoms with Gasteiger partial charge in [0, 0.05) is 17.7 Å². The van der Waals surface area contributed by atoms with Crippen molar-refractivity contribution >= 4 is 11.8 Å². The zero-order valence-electron chi connectivity index (χ0n) is 9.21. The number of carbonyl (C=O) groups excluding carboxylic acids is 1. The summed E-state index contributed by atoms with van der Waals surface area (Å²) in [5, 5.41) is 10.7. The van der Waals surface area contributed by atoms with E-state index in [-0.39, 0.29) is 11.6 Å². The van der Waals surface area contributed by atoms with E-state index in [9.17, 15) is 14.9 Å². The molecule has 0 heterocycles. The molecular weight excluding hydrogens is 226 g/mol. The molecule has 0 spiro atoms. The minimum Gasteiger partial charge on any atom is -0.437 e. The third kappa shape index (κ3) is 2.52. The molecule has 1 fully saturated rings. The standard InChI is InChI=1S/C11H11NO5/c1-16-11(13)17-10-5-4-8(12(14)15)6-9(10)7-2-3-7/h4-7H,2-3H2,1H3. The van der Waals surface area contributed by atoms with E-state index in [2.05, 4.69) is 4.74 Å². The Morgan fingerprint density at radius 1 is 1.47 bits per heavy atom. The normalized spacial score (nSPS) is 14.2. The summed E-state index contributed by atoms with van der Waals surface area (Å²) in [7, 11) is 1.21. The van der Waals surface area contributed by atoms with Crippen LogP contribution in [0.4, 0.5) is 10.5 Å². The summed E-state index contributed by atoms with van der Waals surface area (Å²) in [4.78, 5) is 21.2. The predicted octanol–water partition coefficient (Wildman–Crippen LogP) is 2.62. The lowest BCUT2D eigenvalue weighted by molar-refractivity contribution is -0.384. The van der Waals surface area contributed by atoms with Crippen molar-refractivity contribution < 1.29 is 19.2 Å². The third-order valence-corrected chi connectivity index (χ3v) is 2.58. The van der Waals surface area contributed by atoms with Gasteiger partial charge in [-0.1, -0.05) is 0 Å². The van der Waals surface area contributed by atoms with Gasteiger partial charge in [0.2, 0.25) is 0 Å². The van der Waals surface area contributed by atoms with E-state index in [0.717, 1.165) is 12.8 Å². The van der Waals surface area contributed by atoms with Crippen LogP contribution >= 0.6 is 0 Å². The number of ether oxygens (including phenoxy) is 2. The highest BCUT2D eigenvalue weighted by atomic mass is 16.7. The van der Waals surface area contributed by atoms with Crippen molar-refractivity contribution in [2.24, 2.45) is 0 Å². The Balaban J connectivity index is 2.31. The zero-order valence-corrected chi connectivity index (χ0v) is 9.21. The number of hydrogen-bond donors (Lipinski definition) is 0. The molecule has 17 heavy (non-hydrogen) atoms. The molecule has 1 aromatic rings. The summed E-state index contributed by atoms with van der Waals surface area (Å²) in [6.45, 7) is 0. The van der Waals surface area contributed by atoms with E-state index in [1.807, 2.05) is 0 Å². The molecular formula is C11H11NO5. The van der Waals surface area contributed by atoms with Gasteiger partial charge < -0.3 is 9.47 Å². The van der Waals surface area contributed by atoms with Gasteiger partial charge in [-0.15, -0.1) is 0 Å². The summed E-state index contributed by atoms with van der Waals surface area (Å²) in [5.74, 6) is 0.583. The van der Waals surface area contributed by atoms with Crippen LogP contribution in [-0.2, 0) is 4.74 Å². The average Bonchev–Trinajstić information content (AvgIpc) is 3.13. The zero-order chi connectivity index (χ0) is 12.4. The molecule has 0 N–H and O–H groups in total. The van der Waals surface area contributed by atoms with Gasteiger partial charge in [0.25, 0.3) is 5.69 Å². The van der Waals surface area contributed by atoms with Gasteiger partial charge in [-0.3, -0.25) is 10.1 Å². The molecule has 6 nitrogen and oxygen atoms in total. The highest BCUT2D eigenvalue weighted by Crippen LogP contribution is 2.45. The number of hydrogen-bond acceptors (Lipinski definition) is 5.